The summed E-state index contributed by atoms with van der Waals surface area (Å²) in [5.74, 6) is -3.05. The summed E-state index contributed by atoms with van der Waals surface area (Å²) in [6.45, 7) is 1.48. The minimum atomic E-state index is -1.08. The zero-order valence-corrected chi connectivity index (χ0v) is 11.5. The number of benzene rings is 1. The quantitative estimate of drug-likeness (QED) is 0.822. The second-order valence-corrected chi connectivity index (χ2v) is 4.92. The van der Waals surface area contributed by atoms with Gasteiger partial charge in [0.05, 0.1) is 5.69 Å². The van der Waals surface area contributed by atoms with Crippen molar-refractivity contribution in [1.29, 1.82) is 0 Å². The van der Waals surface area contributed by atoms with E-state index in [1.54, 1.807) is 4.90 Å². The molecule has 0 unspecified atom stereocenters. The molecule has 1 aliphatic heterocycles. The first-order valence-electron chi connectivity index (χ1n) is 6.80. The SMILES string of the molecule is Nc1ccc(F)c(C(=O)NCCC(=O)N2CCCC2)c1F. The highest BCUT2D eigenvalue weighted by molar-refractivity contribution is 5.95. The molecule has 1 heterocycles. The topological polar surface area (TPSA) is 75.4 Å². The van der Waals surface area contributed by atoms with Gasteiger partial charge in [0.1, 0.15) is 11.4 Å². The maximum Gasteiger partial charge on any atom is 0.257 e. The van der Waals surface area contributed by atoms with Crippen molar-refractivity contribution < 1.29 is 18.4 Å². The van der Waals surface area contributed by atoms with Crippen molar-refractivity contribution in [3.8, 4) is 0 Å². The number of anilines is 1. The van der Waals surface area contributed by atoms with E-state index < -0.39 is 23.1 Å². The Kier molecular flexibility index (Phi) is 4.72. The molecule has 7 heteroatoms. The highest BCUT2D eigenvalue weighted by Crippen LogP contribution is 2.18. The number of nitrogens with one attached hydrogen (secondary N) is 1. The molecule has 3 N–H and O–H groups in total. The highest BCUT2D eigenvalue weighted by Gasteiger charge is 2.21. The molecule has 0 bridgehead atoms. The summed E-state index contributed by atoms with van der Waals surface area (Å²) in [7, 11) is 0. The first-order chi connectivity index (χ1) is 10.0. The largest absolute Gasteiger partial charge is 0.396 e. The van der Waals surface area contributed by atoms with Gasteiger partial charge in [-0.3, -0.25) is 9.59 Å². The molecule has 0 aliphatic carbocycles. The van der Waals surface area contributed by atoms with Crippen molar-refractivity contribution in [3.63, 3.8) is 0 Å². The monoisotopic (exact) mass is 297 g/mol. The Morgan fingerprint density at radius 2 is 1.90 bits per heavy atom. The van der Waals surface area contributed by atoms with E-state index in [9.17, 15) is 18.4 Å². The van der Waals surface area contributed by atoms with Gasteiger partial charge < -0.3 is 16.0 Å². The Bertz CT molecular complexity index is 557. The summed E-state index contributed by atoms with van der Waals surface area (Å²) >= 11 is 0. The van der Waals surface area contributed by atoms with Crippen LogP contribution >= 0.6 is 0 Å². The molecule has 0 aromatic heterocycles. The van der Waals surface area contributed by atoms with Gasteiger partial charge in [0, 0.05) is 26.1 Å². The van der Waals surface area contributed by atoms with Gasteiger partial charge >= 0.3 is 0 Å². The summed E-state index contributed by atoms with van der Waals surface area (Å²) in [5.41, 5.74) is 4.29. The number of amides is 2. The maximum atomic E-state index is 13.6. The van der Waals surface area contributed by atoms with Crippen LogP contribution < -0.4 is 11.1 Å². The number of nitrogens with two attached hydrogens (primary N) is 1. The number of hydrogen-bond donors (Lipinski definition) is 2. The summed E-state index contributed by atoms with van der Waals surface area (Å²) in [4.78, 5) is 25.2. The van der Waals surface area contributed by atoms with Gasteiger partial charge in [0.15, 0.2) is 5.82 Å². The minimum absolute atomic E-state index is 0.0296. The molecule has 1 aromatic carbocycles. The highest BCUT2D eigenvalue weighted by atomic mass is 19.1. The Morgan fingerprint density at radius 3 is 2.57 bits per heavy atom. The Labute approximate surface area is 121 Å². The second kappa shape index (κ2) is 6.51. The van der Waals surface area contributed by atoms with Gasteiger partial charge in [-0.25, -0.2) is 8.78 Å². The predicted molar refractivity (Wildman–Crippen MR) is 73.5 cm³/mol. The normalized spacial score (nSPS) is 14.3. The van der Waals surface area contributed by atoms with Crippen molar-refractivity contribution in [2.75, 3.05) is 25.4 Å². The van der Waals surface area contributed by atoms with Crippen molar-refractivity contribution in [2.24, 2.45) is 0 Å². The lowest BCUT2D eigenvalue weighted by Gasteiger charge is -2.15. The standard InChI is InChI=1S/C14H17F2N3O2/c15-9-3-4-10(17)13(16)12(9)14(21)18-6-5-11(20)19-7-1-2-8-19/h3-4H,1-2,5-8,17H2,(H,18,21). The minimum Gasteiger partial charge on any atom is -0.396 e. The molecule has 1 aliphatic rings. The number of nitrogen functional groups attached to an aromatic ring is 1. The number of carbonyl (C=O) groups excluding carboxylic acids is 2. The smallest absolute Gasteiger partial charge is 0.257 e. The zero-order valence-electron chi connectivity index (χ0n) is 11.5. The van der Waals surface area contributed by atoms with Crippen LogP contribution in [0.1, 0.15) is 29.6 Å². The van der Waals surface area contributed by atoms with Crippen LogP contribution in [0.4, 0.5) is 14.5 Å². The van der Waals surface area contributed by atoms with Crippen LogP contribution in [0, 0.1) is 11.6 Å². The number of nitrogens with zero attached hydrogens (tertiary/aromatic N) is 1. The molecule has 2 amide bonds. The Hall–Kier alpha value is -2.18. The molecule has 0 spiro atoms. The van der Waals surface area contributed by atoms with E-state index in [1.165, 1.54) is 0 Å². The fourth-order valence-electron chi connectivity index (χ4n) is 2.27. The second-order valence-electron chi connectivity index (χ2n) is 4.92. The molecule has 1 fully saturated rings. The van der Waals surface area contributed by atoms with Crippen LogP contribution in [0.2, 0.25) is 0 Å². The number of carbonyl (C=O) groups is 2. The van der Waals surface area contributed by atoms with Gasteiger partial charge in [-0.15, -0.1) is 0 Å². The molecular formula is C14H17F2N3O2. The summed E-state index contributed by atoms with van der Waals surface area (Å²) in [6, 6.07) is 1.99. The molecule has 1 saturated heterocycles. The van der Waals surface area contributed by atoms with E-state index >= 15 is 0 Å². The van der Waals surface area contributed by atoms with E-state index in [4.69, 9.17) is 5.73 Å². The lowest BCUT2D eigenvalue weighted by Crippen LogP contribution is -2.33. The van der Waals surface area contributed by atoms with E-state index in [0.29, 0.717) is 0 Å². The van der Waals surface area contributed by atoms with Crippen molar-refractivity contribution in [2.45, 2.75) is 19.3 Å². The van der Waals surface area contributed by atoms with Gasteiger partial charge in [-0.1, -0.05) is 0 Å². The van der Waals surface area contributed by atoms with Crippen LogP contribution in [0.5, 0.6) is 0 Å². The van der Waals surface area contributed by atoms with Gasteiger partial charge in [0.25, 0.3) is 5.91 Å². The van der Waals surface area contributed by atoms with Crippen LogP contribution in [0.25, 0.3) is 0 Å². The molecule has 0 atom stereocenters. The van der Waals surface area contributed by atoms with E-state index in [1.807, 2.05) is 0 Å². The molecule has 114 valence electrons. The van der Waals surface area contributed by atoms with Crippen LogP contribution in [0.15, 0.2) is 12.1 Å². The molecule has 1 aromatic rings. The van der Waals surface area contributed by atoms with Gasteiger partial charge in [0.2, 0.25) is 5.91 Å². The van der Waals surface area contributed by atoms with Gasteiger partial charge in [-0.05, 0) is 25.0 Å². The third kappa shape index (κ3) is 3.48. The molecule has 2 rings (SSSR count). The fraction of sp³-hybridized carbons (Fsp3) is 0.429. The number of halogens is 2. The average molecular weight is 297 g/mol. The molecule has 5 nitrogen and oxygen atoms in total. The van der Waals surface area contributed by atoms with Crippen LogP contribution in [-0.4, -0.2) is 36.3 Å². The summed E-state index contributed by atoms with van der Waals surface area (Å²) in [5, 5.41) is 2.34. The lowest BCUT2D eigenvalue weighted by molar-refractivity contribution is -0.129. The Morgan fingerprint density at radius 1 is 1.24 bits per heavy atom. The third-order valence-corrected chi connectivity index (χ3v) is 3.43. The fourth-order valence-corrected chi connectivity index (χ4v) is 2.27. The zero-order chi connectivity index (χ0) is 15.4. The lowest BCUT2D eigenvalue weighted by atomic mass is 10.1. The maximum absolute atomic E-state index is 13.6. The van der Waals surface area contributed by atoms with E-state index in [2.05, 4.69) is 5.32 Å². The number of rotatable bonds is 4. The van der Waals surface area contributed by atoms with Crippen molar-refractivity contribution >= 4 is 17.5 Å². The molecular weight excluding hydrogens is 280 g/mol. The summed E-state index contributed by atoms with van der Waals surface area (Å²) in [6.07, 6.45) is 2.08. The van der Waals surface area contributed by atoms with E-state index in [-0.39, 0.29) is 24.6 Å². The number of likely N-dealkylation sites (tertiary alicyclic amines) is 1. The average Bonchev–Trinajstić information content (AvgIpc) is 2.97. The first kappa shape index (κ1) is 15.2. The Balaban J connectivity index is 1.90. The first-order valence-corrected chi connectivity index (χ1v) is 6.80. The van der Waals surface area contributed by atoms with Crippen LogP contribution in [-0.2, 0) is 4.79 Å². The number of hydrogen-bond acceptors (Lipinski definition) is 3. The molecule has 0 radical (unpaired) electrons. The third-order valence-electron chi connectivity index (χ3n) is 3.43. The van der Waals surface area contributed by atoms with Crippen molar-refractivity contribution in [3.05, 3.63) is 29.3 Å². The predicted octanol–water partition coefficient (Wildman–Crippen LogP) is 1.29. The summed E-state index contributed by atoms with van der Waals surface area (Å²) < 4.78 is 27.1. The van der Waals surface area contributed by atoms with E-state index in [0.717, 1.165) is 38.1 Å². The van der Waals surface area contributed by atoms with Crippen molar-refractivity contribution in [1.82, 2.24) is 10.2 Å². The molecule has 0 saturated carbocycles. The molecule has 21 heavy (non-hydrogen) atoms. The van der Waals surface area contributed by atoms with Crippen LogP contribution in [0.3, 0.4) is 0 Å². The van der Waals surface area contributed by atoms with Gasteiger partial charge in [-0.2, -0.15) is 0 Å².